The second-order valence-corrected chi connectivity index (χ2v) is 5.50. The maximum absolute atomic E-state index is 11.8. The molecule has 0 spiro atoms. The van der Waals surface area contributed by atoms with Gasteiger partial charge in [-0.2, -0.15) is 0 Å². The van der Waals surface area contributed by atoms with Crippen molar-refractivity contribution < 1.29 is 9.53 Å². The Hall–Kier alpha value is -2.01. The summed E-state index contributed by atoms with van der Waals surface area (Å²) in [6.07, 6.45) is 0.267. The first-order valence-electron chi connectivity index (χ1n) is 6.59. The van der Waals surface area contributed by atoms with Crippen LogP contribution in [-0.4, -0.2) is 12.5 Å². The summed E-state index contributed by atoms with van der Waals surface area (Å²) in [7, 11) is 0. The predicted octanol–water partition coefficient (Wildman–Crippen LogP) is 3.75. The van der Waals surface area contributed by atoms with Gasteiger partial charge in [-0.25, -0.2) is 0 Å². The normalized spacial score (nSPS) is 10.2. The molecule has 4 nitrogen and oxygen atoms in total. The number of nitrogen functional groups attached to an aromatic ring is 1. The van der Waals surface area contributed by atoms with Crippen molar-refractivity contribution >= 4 is 33.2 Å². The van der Waals surface area contributed by atoms with Gasteiger partial charge in [0.25, 0.3) is 0 Å². The lowest BCUT2D eigenvalue weighted by atomic mass is 10.2. The van der Waals surface area contributed by atoms with Gasteiger partial charge in [0.2, 0.25) is 5.91 Å². The van der Waals surface area contributed by atoms with Gasteiger partial charge in [0.05, 0.1) is 18.7 Å². The highest BCUT2D eigenvalue weighted by atomic mass is 79.9. The molecule has 0 aliphatic heterocycles. The fourth-order valence-electron chi connectivity index (χ4n) is 1.81. The van der Waals surface area contributed by atoms with Crippen LogP contribution in [0, 0.1) is 6.92 Å². The summed E-state index contributed by atoms with van der Waals surface area (Å²) in [5.41, 5.74) is 8.18. The smallest absolute Gasteiger partial charge is 0.227 e. The van der Waals surface area contributed by atoms with E-state index in [2.05, 4.69) is 21.2 Å². The van der Waals surface area contributed by atoms with Crippen molar-refractivity contribution in [3.8, 4) is 5.75 Å². The van der Waals surface area contributed by atoms with Gasteiger partial charge in [-0.1, -0.05) is 28.1 Å². The Morgan fingerprint density at radius 2 is 2.05 bits per heavy atom. The molecule has 21 heavy (non-hydrogen) atoms. The number of nitrogens with one attached hydrogen (secondary N) is 1. The molecule has 2 aromatic carbocycles. The lowest BCUT2D eigenvalue weighted by Gasteiger charge is -2.09. The van der Waals surface area contributed by atoms with Crippen LogP contribution >= 0.6 is 15.9 Å². The first kappa shape index (κ1) is 15.4. The number of ether oxygens (including phenoxy) is 1. The maximum atomic E-state index is 11.8. The molecule has 1 amide bonds. The molecular weight excluding hydrogens is 332 g/mol. The van der Waals surface area contributed by atoms with E-state index in [1.807, 2.05) is 37.3 Å². The average Bonchev–Trinajstić information content (AvgIpc) is 2.45. The number of benzene rings is 2. The highest BCUT2D eigenvalue weighted by Crippen LogP contribution is 2.21. The minimum atomic E-state index is -0.0915. The Morgan fingerprint density at radius 3 is 2.76 bits per heavy atom. The number of carbonyl (C=O) groups excluding carboxylic acids is 1. The SMILES string of the molecule is Cc1cc(NC(=O)CCOc2ccccc2N)ccc1Br. The van der Waals surface area contributed by atoms with Crippen molar-refractivity contribution in [2.75, 3.05) is 17.7 Å². The van der Waals surface area contributed by atoms with Crippen LogP contribution < -0.4 is 15.8 Å². The molecule has 3 N–H and O–H groups in total. The Kier molecular flexibility index (Phi) is 5.22. The van der Waals surface area contributed by atoms with E-state index in [-0.39, 0.29) is 18.9 Å². The molecule has 0 saturated heterocycles. The van der Waals surface area contributed by atoms with Gasteiger partial charge in [-0.3, -0.25) is 4.79 Å². The van der Waals surface area contributed by atoms with E-state index in [0.717, 1.165) is 15.7 Å². The number of halogens is 1. The summed E-state index contributed by atoms with van der Waals surface area (Å²) in [4.78, 5) is 11.8. The molecule has 0 fully saturated rings. The molecule has 5 heteroatoms. The molecule has 0 aliphatic carbocycles. The minimum absolute atomic E-state index is 0.0915. The summed E-state index contributed by atoms with van der Waals surface area (Å²) in [6, 6.07) is 12.9. The Balaban J connectivity index is 1.82. The first-order valence-corrected chi connectivity index (χ1v) is 7.39. The predicted molar refractivity (Wildman–Crippen MR) is 88.5 cm³/mol. The van der Waals surface area contributed by atoms with Gasteiger partial charge in [-0.15, -0.1) is 0 Å². The van der Waals surface area contributed by atoms with E-state index >= 15 is 0 Å². The second kappa shape index (κ2) is 7.13. The quantitative estimate of drug-likeness (QED) is 0.808. The standard InChI is InChI=1S/C16H17BrN2O2/c1-11-10-12(6-7-13(11)17)19-16(20)8-9-21-15-5-3-2-4-14(15)18/h2-7,10H,8-9,18H2,1H3,(H,19,20). The third-order valence-corrected chi connectivity index (χ3v) is 3.84. The number of amides is 1. The van der Waals surface area contributed by atoms with Gasteiger partial charge in [0.15, 0.2) is 0 Å². The number of hydrogen-bond donors (Lipinski definition) is 2. The number of para-hydroxylation sites is 2. The number of aryl methyl sites for hydroxylation is 1. The maximum Gasteiger partial charge on any atom is 0.227 e. The third kappa shape index (κ3) is 4.49. The Labute approximate surface area is 132 Å². The Morgan fingerprint density at radius 1 is 1.29 bits per heavy atom. The summed E-state index contributed by atoms with van der Waals surface area (Å²) in [6.45, 7) is 2.26. The van der Waals surface area contributed by atoms with Crippen molar-refractivity contribution in [1.29, 1.82) is 0 Å². The number of nitrogens with two attached hydrogens (primary N) is 1. The summed E-state index contributed by atoms with van der Waals surface area (Å²) < 4.78 is 6.51. The van der Waals surface area contributed by atoms with E-state index in [1.54, 1.807) is 12.1 Å². The van der Waals surface area contributed by atoms with Crippen LogP contribution in [0.1, 0.15) is 12.0 Å². The topological polar surface area (TPSA) is 64.3 Å². The largest absolute Gasteiger partial charge is 0.491 e. The van der Waals surface area contributed by atoms with Crippen molar-refractivity contribution in [3.05, 3.63) is 52.5 Å². The van der Waals surface area contributed by atoms with Crippen LogP contribution in [0.3, 0.4) is 0 Å². The van der Waals surface area contributed by atoms with E-state index in [0.29, 0.717) is 11.4 Å². The van der Waals surface area contributed by atoms with Crippen LogP contribution in [-0.2, 0) is 4.79 Å². The molecule has 110 valence electrons. The molecule has 0 saturated carbocycles. The van der Waals surface area contributed by atoms with Gasteiger partial charge in [0.1, 0.15) is 5.75 Å². The molecule has 2 rings (SSSR count). The summed E-state index contributed by atoms with van der Waals surface area (Å²) in [5, 5.41) is 2.84. The molecule has 0 aliphatic rings. The summed E-state index contributed by atoms with van der Waals surface area (Å²) in [5.74, 6) is 0.510. The highest BCUT2D eigenvalue weighted by molar-refractivity contribution is 9.10. The lowest BCUT2D eigenvalue weighted by molar-refractivity contribution is -0.116. The molecule has 0 bridgehead atoms. The van der Waals surface area contributed by atoms with Gasteiger partial charge >= 0.3 is 0 Å². The molecule has 2 aromatic rings. The van der Waals surface area contributed by atoms with Crippen molar-refractivity contribution in [2.45, 2.75) is 13.3 Å². The van der Waals surface area contributed by atoms with Gasteiger partial charge in [0, 0.05) is 10.2 Å². The van der Waals surface area contributed by atoms with E-state index in [4.69, 9.17) is 10.5 Å². The fraction of sp³-hybridized carbons (Fsp3) is 0.188. The average molecular weight is 349 g/mol. The molecular formula is C16H17BrN2O2. The first-order chi connectivity index (χ1) is 10.1. The molecule has 0 unspecified atom stereocenters. The number of anilines is 2. The zero-order valence-electron chi connectivity index (χ0n) is 11.7. The summed E-state index contributed by atoms with van der Waals surface area (Å²) >= 11 is 3.43. The van der Waals surface area contributed by atoms with E-state index in [9.17, 15) is 4.79 Å². The van der Waals surface area contributed by atoms with E-state index < -0.39 is 0 Å². The number of rotatable bonds is 5. The Bertz CT molecular complexity index is 644. The minimum Gasteiger partial charge on any atom is -0.491 e. The van der Waals surface area contributed by atoms with Crippen LogP contribution in [0.4, 0.5) is 11.4 Å². The number of carbonyl (C=O) groups is 1. The van der Waals surface area contributed by atoms with Gasteiger partial charge in [-0.05, 0) is 42.8 Å². The molecule has 0 heterocycles. The highest BCUT2D eigenvalue weighted by Gasteiger charge is 2.05. The van der Waals surface area contributed by atoms with Crippen molar-refractivity contribution in [1.82, 2.24) is 0 Å². The van der Waals surface area contributed by atoms with Crippen molar-refractivity contribution in [3.63, 3.8) is 0 Å². The van der Waals surface area contributed by atoms with Crippen molar-refractivity contribution in [2.24, 2.45) is 0 Å². The number of hydrogen-bond acceptors (Lipinski definition) is 3. The zero-order chi connectivity index (χ0) is 15.2. The second-order valence-electron chi connectivity index (χ2n) is 4.65. The third-order valence-electron chi connectivity index (χ3n) is 2.95. The zero-order valence-corrected chi connectivity index (χ0v) is 13.3. The van der Waals surface area contributed by atoms with E-state index in [1.165, 1.54) is 0 Å². The lowest BCUT2D eigenvalue weighted by Crippen LogP contribution is -2.15. The van der Waals surface area contributed by atoms with Crippen LogP contribution in [0.2, 0.25) is 0 Å². The van der Waals surface area contributed by atoms with Crippen LogP contribution in [0.25, 0.3) is 0 Å². The fourth-order valence-corrected chi connectivity index (χ4v) is 2.06. The van der Waals surface area contributed by atoms with Crippen LogP contribution in [0.15, 0.2) is 46.9 Å². The molecule has 0 radical (unpaired) electrons. The molecule has 0 aromatic heterocycles. The molecule has 0 atom stereocenters. The van der Waals surface area contributed by atoms with Gasteiger partial charge < -0.3 is 15.8 Å². The monoisotopic (exact) mass is 348 g/mol. The van der Waals surface area contributed by atoms with Crippen LogP contribution in [0.5, 0.6) is 5.75 Å².